The molecule has 0 atom stereocenters. The van der Waals surface area contributed by atoms with E-state index in [9.17, 15) is 4.79 Å². The Kier molecular flexibility index (Phi) is 3.66. The first-order valence-corrected chi connectivity index (χ1v) is 9.87. The number of hydrogen-bond acceptors (Lipinski definition) is 6. The fraction of sp³-hybridized carbons (Fsp3) is 0.174. The molecule has 2 aliphatic heterocycles. The van der Waals surface area contributed by atoms with E-state index in [1.807, 2.05) is 35.4 Å². The van der Waals surface area contributed by atoms with Gasteiger partial charge in [0.2, 0.25) is 5.91 Å². The summed E-state index contributed by atoms with van der Waals surface area (Å²) < 4.78 is 0. The van der Waals surface area contributed by atoms with Crippen LogP contribution in [0, 0.1) is 0 Å². The van der Waals surface area contributed by atoms with Crippen LogP contribution in [0.25, 0.3) is 21.9 Å². The van der Waals surface area contributed by atoms with Crippen LogP contribution >= 0.6 is 0 Å². The molecule has 0 saturated carbocycles. The summed E-state index contributed by atoms with van der Waals surface area (Å²) >= 11 is 0. The first-order valence-electron chi connectivity index (χ1n) is 9.87. The smallest absolute Gasteiger partial charge is 0.240 e. The molecule has 1 aromatic carbocycles. The molecule has 1 amide bonds. The number of anilines is 1. The van der Waals surface area contributed by atoms with Gasteiger partial charge in [-0.3, -0.25) is 14.8 Å². The van der Waals surface area contributed by atoms with E-state index in [1.165, 1.54) is 6.33 Å². The van der Waals surface area contributed by atoms with Crippen molar-refractivity contribution in [2.75, 3.05) is 18.0 Å². The third-order valence-electron chi connectivity index (χ3n) is 6.15. The highest BCUT2D eigenvalue weighted by atomic mass is 16.2. The molecule has 7 heteroatoms. The molecule has 0 unspecified atom stereocenters. The quantitative estimate of drug-likeness (QED) is 0.575. The minimum absolute atomic E-state index is 0.106. The van der Waals surface area contributed by atoms with Gasteiger partial charge < -0.3 is 10.2 Å². The zero-order valence-corrected chi connectivity index (χ0v) is 16.1. The van der Waals surface area contributed by atoms with Crippen LogP contribution in [0.3, 0.4) is 0 Å². The highest BCUT2D eigenvalue weighted by Gasteiger charge is 2.54. The minimum atomic E-state index is -0.481. The molecule has 1 fully saturated rings. The maximum absolute atomic E-state index is 13.5. The minimum Gasteiger partial charge on any atom is -0.314 e. The maximum Gasteiger partial charge on any atom is 0.240 e. The Labute approximate surface area is 172 Å². The molecule has 0 radical (unpaired) electrons. The third-order valence-corrected chi connectivity index (χ3v) is 6.15. The molecule has 3 aromatic heterocycles. The van der Waals surface area contributed by atoms with E-state index in [4.69, 9.17) is 4.98 Å². The average molecular weight is 394 g/mol. The average Bonchev–Trinajstić information content (AvgIpc) is 3.02. The number of fused-ring (bicyclic) bond motifs is 3. The number of carbonyl (C=O) groups is 1. The number of aromatic nitrogens is 4. The summed E-state index contributed by atoms with van der Waals surface area (Å²) in [5, 5.41) is 5.36. The molecule has 0 aliphatic carbocycles. The number of hydrogen-bond donors (Lipinski definition) is 1. The van der Waals surface area contributed by atoms with Gasteiger partial charge in [-0.05, 0) is 17.0 Å². The van der Waals surface area contributed by atoms with Crippen molar-refractivity contribution in [2.24, 2.45) is 0 Å². The molecule has 5 heterocycles. The highest BCUT2D eigenvalue weighted by molar-refractivity contribution is 6.09. The van der Waals surface area contributed by atoms with Gasteiger partial charge >= 0.3 is 0 Å². The Morgan fingerprint density at radius 1 is 1.00 bits per heavy atom. The van der Waals surface area contributed by atoms with Gasteiger partial charge in [-0.15, -0.1) is 0 Å². The van der Waals surface area contributed by atoms with Crippen molar-refractivity contribution in [1.82, 2.24) is 25.3 Å². The van der Waals surface area contributed by atoms with Crippen molar-refractivity contribution in [3.63, 3.8) is 0 Å². The summed E-state index contributed by atoms with van der Waals surface area (Å²) in [6.07, 6.45) is 10.5. The van der Waals surface area contributed by atoms with Gasteiger partial charge in [0.15, 0.2) is 0 Å². The molecule has 2 aliphatic rings. The van der Waals surface area contributed by atoms with Crippen molar-refractivity contribution < 1.29 is 4.79 Å². The Hall–Kier alpha value is -3.71. The van der Waals surface area contributed by atoms with Gasteiger partial charge in [0.25, 0.3) is 0 Å². The number of pyridine rings is 2. The summed E-state index contributed by atoms with van der Waals surface area (Å²) in [4.78, 5) is 32.8. The number of carbonyl (C=O) groups excluding carboxylic acids is 1. The summed E-state index contributed by atoms with van der Waals surface area (Å²) in [5.41, 5.74) is 4.09. The molecule has 1 spiro atoms. The lowest BCUT2D eigenvalue weighted by molar-refractivity contribution is -0.125. The molecule has 4 aromatic rings. The largest absolute Gasteiger partial charge is 0.314 e. The van der Waals surface area contributed by atoms with Crippen LogP contribution in [-0.4, -0.2) is 38.9 Å². The Bertz CT molecular complexity index is 1290. The Balaban J connectivity index is 1.51. The van der Waals surface area contributed by atoms with Crippen LogP contribution in [-0.2, 0) is 16.8 Å². The van der Waals surface area contributed by atoms with Crippen LogP contribution in [0.2, 0.25) is 0 Å². The molecular formula is C23H18N6O. The van der Waals surface area contributed by atoms with Gasteiger partial charge in [-0.1, -0.05) is 24.3 Å². The van der Waals surface area contributed by atoms with Crippen molar-refractivity contribution in [1.29, 1.82) is 0 Å². The molecular weight excluding hydrogens is 376 g/mol. The number of nitrogens with zero attached hydrogens (tertiary/aromatic N) is 5. The summed E-state index contributed by atoms with van der Waals surface area (Å²) in [6, 6.07) is 10.1. The number of rotatable bonds is 3. The molecule has 0 bridgehead atoms. The lowest BCUT2D eigenvalue weighted by Gasteiger charge is -2.38. The molecule has 30 heavy (non-hydrogen) atoms. The van der Waals surface area contributed by atoms with Crippen LogP contribution in [0.5, 0.6) is 0 Å². The van der Waals surface area contributed by atoms with Crippen LogP contribution < -0.4 is 10.2 Å². The normalized spacial score (nSPS) is 16.7. The Morgan fingerprint density at radius 3 is 2.63 bits per heavy atom. The summed E-state index contributed by atoms with van der Waals surface area (Å²) in [7, 11) is 0. The standard InChI is InChI=1S/C23H18N6O/c30-22-23(12-27-13-23)18-5-6-24-10-20(18)29(22)11-19-21(16-7-25-14-26-8-16)17-4-2-1-3-15(17)9-28-19/h1-10,14,27H,11-13H2. The van der Waals surface area contributed by atoms with Gasteiger partial charge in [-0.25, -0.2) is 9.97 Å². The van der Waals surface area contributed by atoms with Gasteiger partial charge in [-0.2, -0.15) is 0 Å². The molecule has 146 valence electrons. The van der Waals surface area contributed by atoms with Crippen LogP contribution in [0.1, 0.15) is 11.3 Å². The van der Waals surface area contributed by atoms with Gasteiger partial charge in [0, 0.05) is 54.4 Å². The second kappa shape index (κ2) is 6.40. The number of amides is 1. The topological polar surface area (TPSA) is 83.9 Å². The third kappa shape index (κ3) is 2.32. The zero-order valence-electron chi connectivity index (χ0n) is 16.1. The lowest BCUT2D eigenvalue weighted by Crippen LogP contribution is -2.61. The number of nitrogens with one attached hydrogen (secondary N) is 1. The van der Waals surface area contributed by atoms with Crippen molar-refractivity contribution in [3.05, 3.63) is 78.9 Å². The fourth-order valence-corrected chi connectivity index (χ4v) is 4.59. The van der Waals surface area contributed by atoms with Crippen molar-refractivity contribution >= 4 is 22.4 Å². The molecule has 1 N–H and O–H groups in total. The predicted octanol–water partition coefficient (Wildman–Crippen LogP) is 2.47. The van der Waals surface area contributed by atoms with Crippen molar-refractivity contribution in [3.8, 4) is 11.1 Å². The van der Waals surface area contributed by atoms with E-state index < -0.39 is 5.41 Å². The van der Waals surface area contributed by atoms with E-state index in [0.717, 1.165) is 38.8 Å². The van der Waals surface area contributed by atoms with E-state index >= 15 is 0 Å². The van der Waals surface area contributed by atoms with Crippen LogP contribution in [0.15, 0.2) is 67.6 Å². The monoisotopic (exact) mass is 394 g/mol. The SMILES string of the molecule is O=C1N(Cc2ncc3ccccc3c2-c2cncnc2)c2cnccc2C12CNC2. The Morgan fingerprint density at radius 2 is 1.83 bits per heavy atom. The lowest BCUT2D eigenvalue weighted by atomic mass is 9.77. The first kappa shape index (κ1) is 17.2. The second-order valence-corrected chi connectivity index (χ2v) is 7.76. The highest BCUT2D eigenvalue weighted by Crippen LogP contribution is 2.45. The second-order valence-electron chi connectivity index (χ2n) is 7.76. The molecule has 6 rings (SSSR count). The molecule has 1 saturated heterocycles. The zero-order chi connectivity index (χ0) is 20.1. The van der Waals surface area contributed by atoms with Crippen LogP contribution in [0.4, 0.5) is 5.69 Å². The van der Waals surface area contributed by atoms with Gasteiger partial charge in [0.1, 0.15) is 11.7 Å². The van der Waals surface area contributed by atoms with Crippen molar-refractivity contribution in [2.45, 2.75) is 12.0 Å². The maximum atomic E-state index is 13.5. The van der Waals surface area contributed by atoms with E-state index in [1.54, 1.807) is 24.8 Å². The number of benzene rings is 1. The first-order chi connectivity index (χ1) is 14.8. The fourth-order valence-electron chi connectivity index (χ4n) is 4.59. The van der Waals surface area contributed by atoms with E-state index in [0.29, 0.717) is 19.6 Å². The molecule has 7 nitrogen and oxygen atoms in total. The van der Waals surface area contributed by atoms with E-state index in [2.05, 4.69) is 26.3 Å². The predicted molar refractivity (Wildman–Crippen MR) is 113 cm³/mol. The van der Waals surface area contributed by atoms with E-state index in [-0.39, 0.29) is 5.91 Å². The van der Waals surface area contributed by atoms with Gasteiger partial charge in [0.05, 0.1) is 24.1 Å². The summed E-state index contributed by atoms with van der Waals surface area (Å²) in [5.74, 6) is 0.106. The summed E-state index contributed by atoms with van der Waals surface area (Å²) in [6.45, 7) is 1.68.